The van der Waals surface area contributed by atoms with Gasteiger partial charge in [-0.25, -0.2) is 4.79 Å². The Bertz CT molecular complexity index is 694. The van der Waals surface area contributed by atoms with Crippen LogP contribution in [0.4, 0.5) is 0 Å². The number of hydroxylamine groups is 1. The lowest BCUT2D eigenvalue weighted by Crippen LogP contribution is -2.47. The van der Waals surface area contributed by atoms with E-state index in [1.165, 1.54) is 37.3 Å². The van der Waals surface area contributed by atoms with Crippen LogP contribution in [-0.2, 0) is 31.9 Å². The van der Waals surface area contributed by atoms with Gasteiger partial charge in [0, 0.05) is 12.8 Å². The number of aliphatic carboxylic acids is 1. The van der Waals surface area contributed by atoms with Crippen LogP contribution in [0, 0.1) is 5.92 Å². The van der Waals surface area contributed by atoms with E-state index < -0.39 is 11.8 Å². The van der Waals surface area contributed by atoms with E-state index in [0.717, 1.165) is 36.9 Å². The Morgan fingerprint density at radius 3 is 2.68 bits per heavy atom. The number of hydrogen-bond donors (Lipinski definition) is 2. The van der Waals surface area contributed by atoms with Gasteiger partial charge in [0.05, 0.1) is 25.5 Å². The van der Waals surface area contributed by atoms with Crippen molar-refractivity contribution in [3.05, 3.63) is 41.5 Å². The Kier molecular flexibility index (Phi) is 7.10. The molecule has 154 valence electrons. The lowest BCUT2D eigenvalue weighted by Gasteiger charge is -2.34. The van der Waals surface area contributed by atoms with E-state index in [2.05, 4.69) is 30.3 Å². The van der Waals surface area contributed by atoms with Gasteiger partial charge in [0.25, 0.3) is 5.79 Å². The molecule has 0 aromatic heterocycles. The quantitative estimate of drug-likeness (QED) is 0.495. The number of unbranched alkanes of at least 4 members (excludes halogenated alkanes) is 1. The summed E-state index contributed by atoms with van der Waals surface area (Å²) in [5, 5.41) is 9.06. The molecule has 1 fully saturated rings. The van der Waals surface area contributed by atoms with Crippen molar-refractivity contribution in [2.24, 2.45) is 5.92 Å². The van der Waals surface area contributed by atoms with Gasteiger partial charge in [0.2, 0.25) is 0 Å². The van der Waals surface area contributed by atoms with Gasteiger partial charge in [-0.15, -0.1) is 0 Å². The highest BCUT2D eigenvalue weighted by molar-refractivity contribution is 5.75. The van der Waals surface area contributed by atoms with Crippen LogP contribution in [-0.4, -0.2) is 36.7 Å². The summed E-state index contributed by atoms with van der Waals surface area (Å²) in [6, 6.07) is 6.54. The van der Waals surface area contributed by atoms with Crippen LogP contribution >= 0.6 is 0 Å². The number of fused-ring (bicyclic) bond motifs is 1. The van der Waals surface area contributed by atoms with Crippen molar-refractivity contribution < 1.29 is 24.2 Å². The Balaban J connectivity index is 1.29. The number of benzene rings is 1. The second-order valence-corrected chi connectivity index (χ2v) is 7.85. The molecule has 0 saturated carbocycles. The molecule has 0 amide bonds. The molecule has 1 saturated heterocycles. The molecule has 0 unspecified atom stereocenters. The molecule has 1 aromatic rings. The molecule has 1 aliphatic heterocycles. The van der Waals surface area contributed by atoms with Crippen molar-refractivity contribution in [3.63, 3.8) is 0 Å². The Morgan fingerprint density at radius 2 is 1.96 bits per heavy atom. The molecule has 1 aromatic carbocycles. The van der Waals surface area contributed by atoms with Gasteiger partial charge < -0.3 is 14.6 Å². The first-order chi connectivity index (χ1) is 13.5. The number of aryl methyl sites for hydroxylation is 2. The highest BCUT2D eigenvalue weighted by Gasteiger charge is 2.40. The zero-order chi connectivity index (χ0) is 20.0. The summed E-state index contributed by atoms with van der Waals surface area (Å²) in [6.07, 6.45) is 7.67. The summed E-state index contributed by atoms with van der Waals surface area (Å²) in [7, 11) is 0. The van der Waals surface area contributed by atoms with Crippen LogP contribution in [0.3, 0.4) is 0 Å². The van der Waals surface area contributed by atoms with Gasteiger partial charge >= 0.3 is 5.97 Å². The summed E-state index contributed by atoms with van der Waals surface area (Å²) < 4.78 is 10.7. The molecule has 1 aliphatic carbocycles. The number of carbonyl (C=O) groups is 1. The lowest BCUT2D eigenvalue weighted by atomic mass is 9.90. The second kappa shape index (κ2) is 9.54. The Labute approximate surface area is 166 Å². The molecule has 3 rings (SSSR count). The molecule has 2 N–H and O–H groups in total. The molecule has 0 radical (unpaired) electrons. The molecule has 6 nitrogen and oxygen atoms in total. The van der Waals surface area contributed by atoms with Crippen LogP contribution in [0.5, 0.6) is 0 Å². The number of rotatable bonds is 9. The van der Waals surface area contributed by atoms with Crippen molar-refractivity contribution in [1.29, 1.82) is 0 Å². The third-order valence-corrected chi connectivity index (χ3v) is 5.58. The number of hydrogen-bond acceptors (Lipinski definition) is 5. The third-order valence-electron chi connectivity index (χ3n) is 5.58. The fourth-order valence-corrected chi connectivity index (χ4v) is 3.66. The van der Waals surface area contributed by atoms with Gasteiger partial charge in [-0.05, 0) is 61.3 Å². The first kappa shape index (κ1) is 20.8. The highest BCUT2D eigenvalue weighted by atomic mass is 16.7. The second-order valence-electron chi connectivity index (χ2n) is 7.85. The fraction of sp³-hybridized carbons (Fsp3) is 0.591. The van der Waals surface area contributed by atoms with Gasteiger partial charge in [-0.2, -0.15) is 0 Å². The summed E-state index contributed by atoms with van der Waals surface area (Å²) in [4.78, 5) is 16.6. The van der Waals surface area contributed by atoms with Crippen molar-refractivity contribution in [2.75, 3.05) is 19.8 Å². The fourth-order valence-electron chi connectivity index (χ4n) is 3.66. The van der Waals surface area contributed by atoms with E-state index in [0.29, 0.717) is 19.8 Å². The maximum absolute atomic E-state index is 11.1. The molecule has 0 spiro atoms. The first-order valence-electron chi connectivity index (χ1n) is 10.2. The van der Waals surface area contributed by atoms with Crippen molar-refractivity contribution in [1.82, 2.24) is 5.48 Å². The van der Waals surface area contributed by atoms with Crippen LogP contribution < -0.4 is 5.48 Å². The van der Waals surface area contributed by atoms with Crippen molar-refractivity contribution in [2.45, 2.75) is 57.7 Å². The molecular weight excluding hydrogens is 358 g/mol. The van der Waals surface area contributed by atoms with Crippen LogP contribution in [0.25, 0.3) is 5.70 Å². The van der Waals surface area contributed by atoms with Gasteiger partial charge in [-0.1, -0.05) is 25.1 Å². The Morgan fingerprint density at radius 1 is 1.25 bits per heavy atom. The Hall–Kier alpha value is -1.89. The predicted octanol–water partition coefficient (Wildman–Crippen LogP) is 3.69. The molecule has 6 heteroatoms. The van der Waals surface area contributed by atoms with Crippen molar-refractivity contribution >= 4 is 11.7 Å². The smallest absolute Gasteiger partial charge is 0.364 e. The molecule has 0 bridgehead atoms. The first-order valence-corrected chi connectivity index (χ1v) is 10.2. The van der Waals surface area contributed by atoms with Gasteiger partial charge in [0.1, 0.15) is 0 Å². The van der Waals surface area contributed by atoms with Gasteiger partial charge in [0.15, 0.2) is 0 Å². The summed E-state index contributed by atoms with van der Waals surface area (Å²) >= 11 is 0. The minimum absolute atomic E-state index is 0.228. The lowest BCUT2D eigenvalue weighted by molar-refractivity contribution is -0.271. The topological polar surface area (TPSA) is 77.0 Å². The average molecular weight is 389 g/mol. The average Bonchev–Trinajstić information content (AvgIpc) is 2.71. The van der Waals surface area contributed by atoms with Crippen LogP contribution in [0.2, 0.25) is 0 Å². The number of carboxylic acid groups (broad SMARTS) is 1. The van der Waals surface area contributed by atoms with E-state index in [1.54, 1.807) is 0 Å². The maximum Gasteiger partial charge on any atom is 0.364 e. The zero-order valence-corrected chi connectivity index (χ0v) is 16.7. The normalized spacial score (nSPS) is 24.4. The monoisotopic (exact) mass is 389 g/mol. The molecule has 2 aliphatic rings. The predicted molar refractivity (Wildman–Crippen MR) is 106 cm³/mol. The van der Waals surface area contributed by atoms with E-state index in [1.807, 2.05) is 0 Å². The van der Waals surface area contributed by atoms with Crippen LogP contribution in [0.1, 0.15) is 55.7 Å². The largest absolute Gasteiger partial charge is 0.477 e. The highest BCUT2D eigenvalue weighted by Crippen LogP contribution is 2.25. The van der Waals surface area contributed by atoms with E-state index in [-0.39, 0.29) is 5.92 Å². The molecule has 0 atom stereocenters. The minimum Gasteiger partial charge on any atom is -0.477 e. The molecule has 1 heterocycles. The minimum atomic E-state index is -1.50. The summed E-state index contributed by atoms with van der Waals surface area (Å²) in [6.45, 7) is 6.94. The summed E-state index contributed by atoms with van der Waals surface area (Å²) in [5.41, 5.74) is 7.72. The maximum atomic E-state index is 11.1. The number of carboxylic acids is 1. The standard InChI is InChI=1S/C22H31NO5/c1-16(19-11-10-18-8-3-4-9-20(18)13-19)23-28-12-6-5-7-17-14-26-22(2,21(24)25)27-15-17/h10-11,13,17,23H,1,3-9,12,14-15H2,2H3,(H,24,25). The van der Waals surface area contributed by atoms with E-state index in [9.17, 15) is 4.79 Å². The van der Waals surface area contributed by atoms with Crippen molar-refractivity contribution in [3.8, 4) is 0 Å². The van der Waals surface area contributed by atoms with E-state index >= 15 is 0 Å². The third kappa shape index (κ3) is 5.34. The molecular formula is C22H31NO5. The number of nitrogens with one attached hydrogen (secondary N) is 1. The zero-order valence-electron chi connectivity index (χ0n) is 16.7. The van der Waals surface area contributed by atoms with Gasteiger partial charge in [-0.3, -0.25) is 10.3 Å². The SMILES string of the molecule is C=C(NOCCCCC1COC(C)(C(=O)O)OC1)c1ccc2c(c1)CCCC2. The summed E-state index contributed by atoms with van der Waals surface area (Å²) in [5.74, 6) is -2.35. The van der Waals surface area contributed by atoms with Crippen LogP contribution in [0.15, 0.2) is 24.8 Å². The van der Waals surface area contributed by atoms with E-state index in [4.69, 9.17) is 19.4 Å². The number of ether oxygens (including phenoxy) is 2. The molecule has 28 heavy (non-hydrogen) atoms.